The van der Waals surface area contributed by atoms with Crippen LogP contribution in [0.25, 0.3) is 5.57 Å². The van der Waals surface area contributed by atoms with Gasteiger partial charge in [-0.3, -0.25) is 0 Å². The minimum Gasteiger partial charge on any atom is -0.384 e. The summed E-state index contributed by atoms with van der Waals surface area (Å²) in [5, 5.41) is 0. The number of benzene rings is 1. The van der Waals surface area contributed by atoms with Crippen molar-refractivity contribution in [2.45, 2.75) is 0 Å². The van der Waals surface area contributed by atoms with Crippen LogP contribution in [0.15, 0.2) is 36.4 Å². The summed E-state index contributed by atoms with van der Waals surface area (Å²) in [6.07, 6.45) is 2.25. The number of hydrogen-bond acceptors (Lipinski definition) is 1. The van der Waals surface area contributed by atoms with Crippen LogP contribution in [0.2, 0.25) is 0 Å². The molecule has 0 aliphatic heterocycles. The van der Waals surface area contributed by atoms with E-state index in [1.807, 2.05) is 6.07 Å². The molecule has 0 aromatic heterocycles. The van der Waals surface area contributed by atoms with Crippen LogP contribution in [-0.4, -0.2) is 13.7 Å². The van der Waals surface area contributed by atoms with E-state index in [1.54, 1.807) is 7.11 Å². The smallest absolute Gasteiger partial charge is 0.0566 e. The predicted molar refractivity (Wildman–Crippen MR) is 49.8 cm³/mol. The molecular formula is C11H12O. The van der Waals surface area contributed by atoms with E-state index in [4.69, 9.17) is 4.74 Å². The SMILES string of the molecule is COC[C@H]1C=C1c1ccccc1. The van der Waals surface area contributed by atoms with Crippen LogP contribution >= 0.6 is 0 Å². The van der Waals surface area contributed by atoms with Crippen molar-refractivity contribution < 1.29 is 4.74 Å². The second kappa shape index (κ2) is 3.11. The Hall–Kier alpha value is -1.08. The standard InChI is InChI=1S/C11H12O/c1-12-8-10-7-11(10)9-5-3-2-4-6-9/h2-7,10H,8H2,1H3/t10-/m1/s1. The third-order valence-corrected chi connectivity index (χ3v) is 2.12. The van der Waals surface area contributed by atoms with Crippen LogP contribution in [0.4, 0.5) is 0 Å². The first-order valence-corrected chi connectivity index (χ1v) is 4.18. The van der Waals surface area contributed by atoms with Crippen LogP contribution in [0.1, 0.15) is 5.56 Å². The Labute approximate surface area is 72.7 Å². The Kier molecular flexibility index (Phi) is 1.96. The highest BCUT2D eigenvalue weighted by molar-refractivity contribution is 5.80. The van der Waals surface area contributed by atoms with Gasteiger partial charge < -0.3 is 4.74 Å². The molecule has 0 saturated carbocycles. The molecule has 1 aliphatic rings. The highest BCUT2D eigenvalue weighted by Crippen LogP contribution is 2.37. The molecule has 2 rings (SSSR count). The number of methoxy groups -OCH3 is 1. The average molecular weight is 160 g/mol. The molecular weight excluding hydrogens is 148 g/mol. The van der Waals surface area contributed by atoms with Crippen LogP contribution < -0.4 is 0 Å². The fraction of sp³-hybridized carbons (Fsp3) is 0.273. The van der Waals surface area contributed by atoms with Crippen molar-refractivity contribution in [3.05, 3.63) is 42.0 Å². The van der Waals surface area contributed by atoms with Crippen LogP contribution in [0.5, 0.6) is 0 Å². The number of hydrogen-bond donors (Lipinski definition) is 0. The van der Waals surface area contributed by atoms with Gasteiger partial charge in [-0.1, -0.05) is 36.4 Å². The minimum atomic E-state index is 0.567. The third kappa shape index (κ3) is 1.41. The number of rotatable bonds is 3. The second-order valence-electron chi connectivity index (χ2n) is 3.05. The van der Waals surface area contributed by atoms with Gasteiger partial charge in [0.1, 0.15) is 0 Å². The molecule has 1 aromatic rings. The third-order valence-electron chi connectivity index (χ3n) is 2.12. The molecule has 0 radical (unpaired) electrons. The van der Waals surface area contributed by atoms with Crippen LogP contribution in [-0.2, 0) is 4.74 Å². The molecule has 0 unspecified atom stereocenters. The van der Waals surface area contributed by atoms with Crippen molar-refractivity contribution in [3.8, 4) is 0 Å². The van der Waals surface area contributed by atoms with Crippen LogP contribution in [0, 0.1) is 5.92 Å². The van der Waals surface area contributed by atoms with Crippen molar-refractivity contribution in [2.75, 3.05) is 13.7 Å². The summed E-state index contributed by atoms with van der Waals surface area (Å²) in [4.78, 5) is 0. The zero-order valence-corrected chi connectivity index (χ0v) is 7.16. The summed E-state index contributed by atoms with van der Waals surface area (Å²) >= 11 is 0. The Bertz CT molecular complexity index is 287. The van der Waals surface area contributed by atoms with Gasteiger partial charge >= 0.3 is 0 Å². The molecule has 1 atom stereocenters. The van der Waals surface area contributed by atoms with Crippen molar-refractivity contribution in [2.24, 2.45) is 5.92 Å². The lowest BCUT2D eigenvalue weighted by molar-refractivity contribution is 0.193. The van der Waals surface area contributed by atoms with Gasteiger partial charge in [-0.25, -0.2) is 0 Å². The monoisotopic (exact) mass is 160 g/mol. The predicted octanol–water partition coefficient (Wildman–Crippen LogP) is 2.35. The van der Waals surface area contributed by atoms with Gasteiger partial charge in [0, 0.05) is 13.0 Å². The molecule has 62 valence electrons. The van der Waals surface area contributed by atoms with Gasteiger partial charge in [0.15, 0.2) is 0 Å². The number of ether oxygens (including phenoxy) is 1. The molecule has 1 aromatic carbocycles. The topological polar surface area (TPSA) is 9.23 Å². The summed E-state index contributed by atoms with van der Waals surface area (Å²) in [7, 11) is 1.74. The zero-order chi connectivity index (χ0) is 8.39. The second-order valence-corrected chi connectivity index (χ2v) is 3.05. The molecule has 0 heterocycles. The minimum absolute atomic E-state index is 0.567. The zero-order valence-electron chi connectivity index (χ0n) is 7.16. The summed E-state index contributed by atoms with van der Waals surface area (Å²) in [5.74, 6) is 0.567. The van der Waals surface area contributed by atoms with E-state index in [1.165, 1.54) is 11.1 Å². The quantitative estimate of drug-likeness (QED) is 0.659. The lowest BCUT2D eigenvalue weighted by Gasteiger charge is -1.98. The van der Waals surface area contributed by atoms with Gasteiger partial charge in [-0.15, -0.1) is 0 Å². The van der Waals surface area contributed by atoms with E-state index in [2.05, 4.69) is 30.3 Å². The Morgan fingerprint density at radius 2 is 2.00 bits per heavy atom. The normalized spacial score (nSPS) is 20.4. The van der Waals surface area contributed by atoms with E-state index in [0.717, 1.165) is 6.61 Å². The highest BCUT2D eigenvalue weighted by atomic mass is 16.5. The van der Waals surface area contributed by atoms with Crippen LogP contribution in [0.3, 0.4) is 0 Å². The van der Waals surface area contributed by atoms with Crippen molar-refractivity contribution in [3.63, 3.8) is 0 Å². The molecule has 1 heteroatoms. The molecule has 0 amide bonds. The molecule has 0 spiro atoms. The Morgan fingerprint density at radius 3 is 2.67 bits per heavy atom. The van der Waals surface area contributed by atoms with Crippen molar-refractivity contribution in [1.82, 2.24) is 0 Å². The van der Waals surface area contributed by atoms with E-state index in [0.29, 0.717) is 5.92 Å². The maximum atomic E-state index is 5.07. The first kappa shape index (κ1) is 7.56. The molecule has 0 N–H and O–H groups in total. The van der Waals surface area contributed by atoms with Gasteiger partial charge in [-0.05, 0) is 11.1 Å². The first-order chi connectivity index (χ1) is 5.92. The fourth-order valence-corrected chi connectivity index (χ4v) is 1.43. The largest absolute Gasteiger partial charge is 0.384 e. The van der Waals surface area contributed by atoms with E-state index in [9.17, 15) is 0 Å². The van der Waals surface area contributed by atoms with Gasteiger partial charge in [0.2, 0.25) is 0 Å². The maximum absolute atomic E-state index is 5.07. The molecule has 0 bridgehead atoms. The highest BCUT2D eigenvalue weighted by Gasteiger charge is 2.24. The summed E-state index contributed by atoms with van der Waals surface area (Å²) in [6.45, 7) is 0.824. The summed E-state index contributed by atoms with van der Waals surface area (Å²) < 4.78 is 5.07. The van der Waals surface area contributed by atoms with Gasteiger partial charge in [-0.2, -0.15) is 0 Å². The van der Waals surface area contributed by atoms with E-state index < -0.39 is 0 Å². The van der Waals surface area contributed by atoms with Gasteiger partial charge in [0.25, 0.3) is 0 Å². The first-order valence-electron chi connectivity index (χ1n) is 4.18. The van der Waals surface area contributed by atoms with Gasteiger partial charge in [0.05, 0.1) is 6.61 Å². The molecule has 1 nitrogen and oxygen atoms in total. The molecule has 0 fully saturated rings. The molecule has 12 heavy (non-hydrogen) atoms. The van der Waals surface area contributed by atoms with Crippen molar-refractivity contribution >= 4 is 5.57 Å². The lowest BCUT2D eigenvalue weighted by atomic mass is 10.1. The lowest BCUT2D eigenvalue weighted by Crippen LogP contribution is -1.93. The summed E-state index contributed by atoms with van der Waals surface area (Å²) in [6, 6.07) is 10.5. The molecule has 1 aliphatic carbocycles. The van der Waals surface area contributed by atoms with E-state index >= 15 is 0 Å². The van der Waals surface area contributed by atoms with E-state index in [-0.39, 0.29) is 0 Å². The summed E-state index contributed by atoms with van der Waals surface area (Å²) in [5.41, 5.74) is 2.76. The van der Waals surface area contributed by atoms with Crippen molar-refractivity contribution in [1.29, 1.82) is 0 Å². The average Bonchev–Trinajstić information content (AvgIpc) is 2.87. The Morgan fingerprint density at radius 1 is 1.25 bits per heavy atom. The molecule has 0 saturated heterocycles. The fourth-order valence-electron chi connectivity index (χ4n) is 1.43. The Balaban J connectivity index is 2.02. The maximum Gasteiger partial charge on any atom is 0.0566 e.